The van der Waals surface area contributed by atoms with Gasteiger partial charge in [-0.25, -0.2) is 4.98 Å². The van der Waals surface area contributed by atoms with Crippen molar-refractivity contribution in [1.29, 1.82) is 0 Å². The van der Waals surface area contributed by atoms with Gasteiger partial charge in [-0.2, -0.15) is 4.98 Å². The van der Waals surface area contributed by atoms with E-state index in [1.807, 2.05) is 13.0 Å². The summed E-state index contributed by atoms with van der Waals surface area (Å²) in [6.07, 6.45) is 0. The van der Waals surface area contributed by atoms with Gasteiger partial charge in [-0.05, 0) is 37.6 Å². The fourth-order valence-corrected chi connectivity index (χ4v) is 1.84. The minimum absolute atomic E-state index is 0.0405. The third-order valence-corrected chi connectivity index (χ3v) is 2.61. The van der Waals surface area contributed by atoms with Gasteiger partial charge in [-0.3, -0.25) is 10.1 Å². The Labute approximate surface area is 113 Å². The second-order valence-electron chi connectivity index (χ2n) is 3.90. The number of nitrogens with one attached hydrogen (secondary N) is 1. The molecule has 0 fully saturated rings. The molecule has 0 spiro atoms. The standard InChI is InChI=1S/C11H11ClN4O3/c1-6-3-4-8(19-6)5-13-10-9(16(17)18)7(2)14-11(12)15-10/h3-4H,5H2,1-2H3,(H,13,14,15). The van der Waals surface area contributed by atoms with Crippen LogP contribution in [-0.2, 0) is 6.54 Å². The van der Waals surface area contributed by atoms with Gasteiger partial charge in [0.2, 0.25) is 11.1 Å². The molecule has 0 aliphatic heterocycles. The molecule has 0 aliphatic rings. The van der Waals surface area contributed by atoms with Crippen LogP contribution in [0.3, 0.4) is 0 Å². The molecule has 0 aliphatic carbocycles. The number of hydrogen-bond donors (Lipinski definition) is 1. The quantitative estimate of drug-likeness (QED) is 0.526. The SMILES string of the molecule is Cc1ccc(CNc2nc(Cl)nc(C)c2[N+](=O)[O-])o1. The Morgan fingerprint density at radius 1 is 1.42 bits per heavy atom. The minimum Gasteiger partial charge on any atom is -0.465 e. The highest BCUT2D eigenvalue weighted by atomic mass is 35.5. The monoisotopic (exact) mass is 282 g/mol. The van der Waals surface area contributed by atoms with E-state index in [2.05, 4.69) is 15.3 Å². The Bertz CT molecular complexity index is 626. The summed E-state index contributed by atoms with van der Waals surface area (Å²) in [5.41, 5.74) is 0.0239. The summed E-state index contributed by atoms with van der Waals surface area (Å²) in [5.74, 6) is 1.50. The van der Waals surface area contributed by atoms with Crippen LogP contribution in [0.15, 0.2) is 16.5 Å². The van der Waals surface area contributed by atoms with Crippen LogP contribution in [-0.4, -0.2) is 14.9 Å². The highest BCUT2D eigenvalue weighted by Crippen LogP contribution is 2.26. The largest absolute Gasteiger partial charge is 0.465 e. The molecule has 1 N–H and O–H groups in total. The van der Waals surface area contributed by atoms with Gasteiger partial charge in [-0.15, -0.1) is 0 Å². The fraction of sp³-hybridized carbons (Fsp3) is 0.273. The van der Waals surface area contributed by atoms with Gasteiger partial charge >= 0.3 is 5.69 Å². The molecule has 2 aromatic rings. The van der Waals surface area contributed by atoms with Gasteiger partial charge in [0.15, 0.2) is 0 Å². The predicted molar refractivity (Wildman–Crippen MR) is 69.2 cm³/mol. The number of furan rings is 1. The first-order chi connectivity index (χ1) is 8.97. The Hall–Kier alpha value is -2.15. The van der Waals surface area contributed by atoms with Crippen molar-refractivity contribution in [3.05, 3.63) is 44.7 Å². The molecule has 100 valence electrons. The molecule has 2 rings (SSSR count). The van der Waals surface area contributed by atoms with Crippen molar-refractivity contribution in [3.8, 4) is 0 Å². The van der Waals surface area contributed by atoms with Crippen LogP contribution in [0.5, 0.6) is 0 Å². The van der Waals surface area contributed by atoms with Crippen LogP contribution in [0.4, 0.5) is 11.5 Å². The van der Waals surface area contributed by atoms with E-state index >= 15 is 0 Å². The summed E-state index contributed by atoms with van der Waals surface area (Å²) in [4.78, 5) is 18.0. The molecule has 0 unspecified atom stereocenters. The van der Waals surface area contributed by atoms with Crippen LogP contribution in [0.25, 0.3) is 0 Å². The zero-order chi connectivity index (χ0) is 14.0. The first-order valence-corrected chi connectivity index (χ1v) is 5.83. The van der Waals surface area contributed by atoms with Crippen molar-refractivity contribution in [3.63, 3.8) is 0 Å². The molecule has 2 aromatic heterocycles. The lowest BCUT2D eigenvalue weighted by Gasteiger charge is -2.06. The zero-order valence-electron chi connectivity index (χ0n) is 10.3. The predicted octanol–water partition coefficient (Wildman–Crippen LogP) is 2.86. The molecule has 0 bridgehead atoms. The van der Waals surface area contributed by atoms with Gasteiger partial charge in [0.1, 0.15) is 17.2 Å². The van der Waals surface area contributed by atoms with E-state index in [0.29, 0.717) is 5.76 Å². The second-order valence-corrected chi connectivity index (χ2v) is 4.24. The third kappa shape index (κ3) is 3.00. The highest BCUT2D eigenvalue weighted by molar-refractivity contribution is 6.28. The van der Waals surface area contributed by atoms with Gasteiger partial charge in [0.25, 0.3) is 0 Å². The molecule has 19 heavy (non-hydrogen) atoms. The summed E-state index contributed by atoms with van der Waals surface area (Å²) >= 11 is 5.70. The van der Waals surface area contributed by atoms with Crippen LogP contribution >= 0.6 is 11.6 Å². The average molecular weight is 283 g/mol. The minimum atomic E-state index is -0.540. The van der Waals surface area contributed by atoms with Crippen LogP contribution in [0, 0.1) is 24.0 Å². The number of nitrogens with zero attached hydrogens (tertiary/aromatic N) is 3. The first kappa shape index (κ1) is 13.3. The zero-order valence-corrected chi connectivity index (χ0v) is 11.1. The van der Waals surface area contributed by atoms with Crippen molar-refractivity contribution in [2.24, 2.45) is 0 Å². The third-order valence-electron chi connectivity index (χ3n) is 2.44. The van der Waals surface area contributed by atoms with Gasteiger partial charge in [0.05, 0.1) is 11.5 Å². The molecule has 2 heterocycles. The molecule has 0 saturated carbocycles. The van der Waals surface area contributed by atoms with Crippen LogP contribution in [0.2, 0.25) is 5.28 Å². The van der Waals surface area contributed by atoms with Crippen molar-refractivity contribution in [1.82, 2.24) is 9.97 Å². The summed E-state index contributed by atoms with van der Waals surface area (Å²) in [7, 11) is 0. The van der Waals surface area contributed by atoms with Crippen molar-refractivity contribution in [2.45, 2.75) is 20.4 Å². The van der Waals surface area contributed by atoms with Crippen molar-refractivity contribution in [2.75, 3.05) is 5.32 Å². The lowest BCUT2D eigenvalue weighted by Crippen LogP contribution is -2.07. The van der Waals surface area contributed by atoms with Gasteiger partial charge < -0.3 is 9.73 Å². The summed E-state index contributed by atoms with van der Waals surface area (Å²) < 4.78 is 5.36. The lowest BCUT2D eigenvalue weighted by atomic mass is 10.3. The maximum Gasteiger partial charge on any atom is 0.332 e. The molecular weight excluding hydrogens is 272 g/mol. The molecule has 8 heteroatoms. The molecule has 0 radical (unpaired) electrons. The number of nitro groups is 1. The van der Waals surface area contributed by atoms with Crippen molar-refractivity contribution < 1.29 is 9.34 Å². The molecule has 0 saturated heterocycles. The van der Waals surface area contributed by atoms with E-state index in [1.54, 1.807) is 6.07 Å². The van der Waals surface area contributed by atoms with Gasteiger partial charge in [-0.1, -0.05) is 0 Å². The van der Waals surface area contributed by atoms with Crippen molar-refractivity contribution >= 4 is 23.1 Å². The van der Waals surface area contributed by atoms with E-state index in [0.717, 1.165) is 5.76 Å². The van der Waals surface area contributed by atoms with E-state index in [4.69, 9.17) is 16.0 Å². The highest BCUT2D eigenvalue weighted by Gasteiger charge is 2.21. The van der Waals surface area contributed by atoms with E-state index in [9.17, 15) is 10.1 Å². The molecule has 7 nitrogen and oxygen atoms in total. The summed E-state index contributed by atoms with van der Waals surface area (Å²) in [6.45, 7) is 3.60. The fourth-order valence-electron chi connectivity index (χ4n) is 1.63. The maximum absolute atomic E-state index is 11.0. The molecule has 0 aromatic carbocycles. The van der Waals surface area contributed by atoms with Crippen LogP contribution < -0.4 is 5.32 Å². The summed E-state index contributed by atoms with van der Waals surface area (Å²) in [6, 6.07) is 3.59. The van der Waals surface area contributed by atoms with E-state index in [1.165, 1.54) is 6.92 Å². The molecule has 0 amide bonds. The van der Waals surface area contributed by atoms with E-state index < -0.39 is 4.92 Å². The Morgan fingerprint density at radius 3 is 2.74 bits per heavy atom. The number of halogens is 1. The maximum atomic E-state index is 11.0. The number of hydrogen-bond acceptors (Lipinski definition) is 6. The first-order valence-electron chi connectivity index (χ1n) is 5.45. The molecule has 0 atom stereocenters. The lowest BCUT2D eigenvalue weighted by molar-refractivity contribution is -0.385. The molecular formula is C11H11ClN4O3. The number of rotatable bonds is 4. The Balaban J connectivity index is 2.26. The van der Waals surface area contributed by atoms with Crippen LogP contribution in [0.1, 0.15) is 17.2 Å². The summed E-state index contributed by atoms with van der Waals surface area (Å²) in [5, 5.41) is 13.8. The normalized spacial score (nSPS) is 10.5. The number of aryl methyl sites for hydroxylation is 2. The Kier molecular flexibility index (Phi) is 3.66. The number of aromatic nitrogens is 2. The Morgan fingerprint density at radius 2 is 2.16 bits per heavy atom. The topological polar surface area (TPSA) is 94.1 Å². The second kappa shape index (κ2) is 5.23. The smallest absolute Gasteiger partial charge is 0.332 e. The number of anilines is 1. The average Bonchev–Trinajstić information content (AvgIpc) is 2.71. The van der Waals surface area contributed by atoms with Gasteiger partial charge in [0, 0.05) is 0 Å². The van der Waals surface area contributed by atoms with E-state index in [-0.39, 0.29) is 29.0 Å².